The number of aromatic nitrogens is 2. The zero-order chi connectivity index (χ0) is 7.23. The van der Waals surface area contributed by atoms with Crippen LogP contribution in [0.1, 0.15) is 6.42 Å². The van der Waals surface area contributed by atoms with Crippen LogP contribution in [-0.4, -0.2) is 23.1 Å². The summed E-state index contributed by atoms with van der Waals surface area (Å²) in [6.07, 6.45) is 6.70. The lowest BCUT2D eigenvalue weighted by molar-refractivity contribution is 0.665. The van der Waals surface area contributed by atoms with Gasteiger partial charge in [0.25, 0.3) is 0 Å². The molecule has 1 aromatic rings. The van der Waals surface area contributed by atoms with Crippen LogP contribution in [0.2, 0.25) is 0 Å². The smallest absolute Gasteiger partial charge is 0.0945 e. The Morgan fingerprint density at radius 3 is 3.10 bits per heavy atom. The second-order valence-corrected chi connectivity index (χ2v) is 2.19. The predicted octanol–water partition coefficient (Wildman–Crippen LogP) is 1.28. The Morgan fingerprint density at radius 1 is 1.60 bits per heavy atom. The molecular weight excluding hydrogens is 126 g/mol. The maximum absolute atomic E-state index is 4.00. The van der Waals surface area contributed by atoms with Crippen molar-refractivity contribution in [1.82, 2.24) is 9.55 Å². The fraction of sp³-hybridized carbons (Fsp3) is 0.571. The van der Waals surface area contributed by atoms with Gasteiger partial charge in [-0.2, -0.15) is 7.05 Å². The van der Waals surface area contributed by atoms with Crippen LogP contribution < -0.4 is 0 Å². The molecule has 0 saturated carbocycles. The zero-order valence-electron chi connectivity index (χ0n) is 6.20. The molecule has 0 aliphatic heterocycles. The Labute approximate surface area is 61.1 Å². The van der Waals surface area contributed by atoms with Gasteiger partial charge in [-0.3, -0.25) is 0 Å². The standard InChI is InChI=1S/C7H12N3/c1-8-3-2-5-10-6-4-9-7-10/h4,6-7H,2-3,5H2,1H3/q-1. The monoisotopic (exact) mass is 138 g/mol. The van der Waals surface area contributed by atoms with Gasteiger partial charge in [-0.05, 0) is 0 Å². The van der Waals surface area contributed by atoms with E-state index in [1.165, 1.54) is 0 Å². The van der Waals surface area contributed by atoms with E-state index in [4.69, 9.17) is 0 Å². The van der Waals surface area contributed by atoms with E-state index >= 15 is 0 Å². The molecule has 0 atom stereocenters. The van der Waals surface area contributed by atoms with E-state index in [-0.39, 0.29) is 0 Å². The maximum atomic E-state index is 4.00. The minimum absolute atomic E-state index is 0.943. The average Bonchev–Trinajstić information content (AvgIpc) is 2.41. The van der Waals surface area contributed by atoms with Crippen molar-refractivity contribution in [1.29, 1.82) is 0 Å². The summed E-state index contributed by atoms with van der Waals surface area (Å²) in [6, 6.07) is 0. The van der Waals surface area contributed by atoms with Gasteiger partial charge in [0.15, 0.2) is 0 Å². The summed E-state index contributed by atoms with van der Waals surface area (Å²) in [4.78, 5) is 3.93. The fourth-order valence-electron chi connectivity index (χ4n) is 0.830. The number of rotatable bonds is 4. The lowest BCUT2D eigenvalue weighted by Gasteiger charge is -2.09. The summed E-state index contributed by atoms with van der Waals surface area (Å²) in [6.45, 7) is 1.97. The zero-order valence-corrected chi connectivity index (χ0v) is 6.20. The van der Waals surface area contributed by atoms with E-state index in [1.54, 1.807) is 6.20 Å². The molecule has 0 fully saturated rings. The van der Waals surface area contributed by atoms with Crippen molar-refractivity contribution in [3.05, 3.63) is 24.0 Å². The molecule has 56 valence electrons. The lowest BCUT2D eigenvalue weighted by atomic mass is 10.4. The molecule has 3 nitrogen and oxygen atoms in total. The molecule has 1 aromatic heterocycles. The van der Waals surface area contributed by atoms with Gasteiger partial charge < -0.3 is 9.88 Å². The van der Waals surface area contributed by atoms with Gasteiger partial charge in [0, 0.05) is 18.9 Å². The second-order valence-electron chi connectivity index (χ2n) is 2.19. The van der Waals surface area contributed by atoms with Gasteiger partial charge in [-0.15, -0.1) is 6.54 Å². The van der Waals surface area contributed by atoms with Crippen LogP contribution >= 0.6 is 0 Å². The van der Waals surface area contributed by atoms with Crippen molar-refractivity contribution in [2.24, 2.45) is 0 Å². The molecule has 0 saturated heterocycles. The Kier molecular flexibility index (Phi) is 2.96. The summed E-state index contributed by atoms with van der Waals surface area (Å²) in [5.41, 5.74) is 0. The third kappa shape index (κ3) is 2.19. The highest BCUT2D eigenvalue weighted by atomic mass is 15.0. The molecule has 0 amide bonds. The summed E-state index contributed by atoms with van der Waals surface area (Å²) in [5, 5.41) is 4.00. The Balaban J connectivity index is 2.15. The van der Waals surface area contributed by atoms with Crippen LogP contribution in [0.25, 0.3) is 5.32 Å². The highest BCUT2D eigenvalue weighted by molar-refractivity contribution is 4.75. The van der Waals surface area contributed by atoms with Crippen LogP contribution in [0, 0.1) is 0 Å². The first-order chi connectivity index (χ1) is 4.93. The average molecular weight is 138 g/mol. The first kappa shape index (κ1) is 7.28. The van der Waals surface area contributed by atoms with Crippen LogP contribution in [0.15, 0.2) is 18.7 Å². The van der Waals surface area contributed by atoms with Gasteiger partial charge in [0.2, 0.25) is 0 Å². The van der Waals surface area contributed by atoms with Crippen molar-refractivity contribution in [2.75, 3.05) is 13.6 Å². The van der Waals surface area contributed by atoms with Crippen molar-refractivity contribution in [3.8, 4) is 0 Å². The van der Waals surface area contributed by atoms with Crippen LogP contribution in [-0.2, 0) is 6.54 Å². The maximum Gasteiger partial charge on any atom is 0.0945 e. The third-order valence-electron chi connectivity index (χ3n) is 1.36. The number of hydrogen-bond donors (Lipinski definition) is 0. The van der Waals surface area contributed by atoms with Crippen LogP contribution in [0.3, 0.4) is 0 Å². The van der Waals surface area contributed by atoms with Gasteiger partial charge in [0.05, 0.1) is 6.33 Å². The Morgan fingerprint density at radius 2 is 2.50 bits per heavy atom. The summed E-state index contributed by atoms with van der Waals surface area (Å²) in [7, 11) is 1.84. The fourth-order valence-corrected chi connectivity index (χ4v) is 0.830. The molecule has 0 bridgehead atoms. The van der Waals surface area contributed by atoms with Crippen molar-refractivity contribution in [3.63, 3.8) is 0 Å². The first-order valence-corrected chi connectivity index (χ1v) is 3.45. The first-order valence-electron chi connectivity index (χ1n) is 3.45. The molecular formula is C7H12N3-. The van der Waals surface area contributed by atoms with E-state index < -0.39 is 0 Å². The summed E-state index contributed by atoms with van der Waals surface area (Å²) < 4.78 is 2.06. The number of aryl methyl sites for hydroxylation is 1. The highest BCUT2D eigenvalue weighted by Gasteiger charge is 1.83. The number of nitrogens with zero attached hydrogens (tertiary/aromatic N) is 3. The van der Waals surface area contributed by atoms with Gasteiger partial charge in [-0.25, -0.2) is 4.98 Å². The van der Waals surface area contributed by atoms with Crippen molar-refractivity contribution in [2.45, 2.75) is 13.0 Å². The van der Waals surface area contributed by atoms with E-state index in [9.17, 15) is 0 Å². The minimum Gasteiger partial charge on any atom is -0.665 e. The minimum atomic E-state index is 0.943. The quantitative estimate of drug-likeness (QED) is 0.577. The van der Waals surface area contributed by atoms with Crippen molar-refractivity contribution >= 4 is 0 Å². The molecule has 0 aliphatic carbocycles. The van der Waals surface area contributed by atoms with E-state index in [2.05, 4.69) is 14.9 Å². The molecule has 0 aromatic carbocycles. The van der Waals surface area contributed by atoms with Crippen LogP contribution in [0.5, 0.6) is 0 Å². The van der Waals surface area contributed by atoms with Gasteiger partial charge in [0.1, 0.15) is 0 Å². The second kappa shape index (κ2) is 4.06. The molecule has 1 rings (SSSR count). The molecule has 0 spiro atoms. The molecule has 0 N–H and O–H groups in total. The van der Waals surface area contributed by atoms with Gasteiger partial charge >= 0.3 is 0 Å². The largest absolute Gasteiger partial charge is 0.665 e. The molecule has 10 heavy (non-hydrogen) atoms. The Hall–Kier alpha value is -0.830. The topological polar surface area (TPSA) is 31.9 Å². The molecule has 0 radical (unpaired) electrons. The van der Waals surface area contributed by atoms with Crippen LogP contribution in [0.4, 0.5) is 0 Å². The lowest BCUT2D eigenvalue weighted by Crippen LogP contribution is -1.95. The number of hydrogen-bond acceptors (Lipinski definition) is 1. The third-order valence-corrected chi connectivity index (χ3v) is 1.36. The normalized spacial score (nSPS) is 10.1. The molecule has 0 aliphatic rings. The summed E-state index contributed by atoms with van der Waals surface area (Å²) >= 11 is 0. The molecule has 1 heterocycles. The summed E-state index contributed by atoms with van der Waals surface area (Å²) in [5.74, 6) is 0. The van der Waals surface area contributed by atoms with E-state index in [1.807, 2.05) is 19.6 Å². The van der Waals surface area contributed by atoms with Crippen molar-refractivity contribution < 1.29 is 0 Å². The SMILES string of the molecule is C[N-]CCCn1ccnc1. The van der Waals surface area contributed by atoms with Gasteiger partial charge in [-0.1, -0.05) is 6.42 Å². The molecule has 0 unspecified atom stereocenters. The highest BCUT2D eigenvalue weighted by Crippen LogP contribution is 1.91. The Bertz CT molecular complexity index is 157. The van der Waals surface area contributed by atoms with E-state index in [0.29, 0.717) is 0 Å². The molecule has 3 heteroatoms. The van der Waals surface area contributed by atoms with E-state index in [0.717, 1.165) is 19.5 Å². The number of imidazole rings is 1. The predicted molar refractivity (Wildman–Crippen MR) is 41.0 cm³/mol.